The molecule has 3 heterocycles. The minimum absolute atomic E-state index is 0.712. The molecule has 0 unspecified atom stereocenters. The average Bonchev–Trinajstić information content (AvgIpc) is 3.91. The topological polar surface area (TPSA) is 32.3 Å². The number of aromatic nitrogens is 2. The molecule has 3 aromatic heterocycles. The normalized spacial score (nSPS) is 11.3. The summed E-state index contributed by atoms with van der Waals surface area (Å²) in [5.74, 6) is 0. The van der Waals surface area contributed by atoms with E-state index in [4.69, 9.17) is 31.9 Å². The van der Waals surface area contributed by atoms with Crippen LogP contribution in [0.1, 0.15) is 11.1 Å². The van der Waals surface area contributed by atoms with Crippen molar-refractivity contribution in [3.05, 3.63) is 155 Å². The minimum Gasteiger partial charge on any atom is -0.302 e. The third kappa shape index (κ3) is 6.36. The molecule has 0 spiro atoms. The highest BCUT2D eigenvalue weighted by Gasteiger charge is 2.21. The Labute approximate surface area is 307 Å². The highest BCUT2D eigenvalue weighted by atomic mass is 35.5. The van der Waals surface area contributed by atoms with Crippen LogP contribution in [-0.4, -0.2) is 8.75 Å². The number of benzene rings is 5. The van der Waals surface area contributed by atoms with E-state index in [0.717, 1.165) is 64.7 Å². The Kier molecular flexibility index (Phi) is 8.70. The SMILES string of the molecule is Cc1ccc(N(c2ccc(Cl)cc2)c2ccc(-c3ccc(-c4ccc(N(c5ccc(C)cc5)c5ccc(Cl)cc5)s4)c4nsnc34)s2)cc1. The highest BCUT2D eigenvalue weighted by Crippen LogP contribution is 2.47. The molecule has 0 bridgehead atoms. The van der Waals surface area contributed by atoms with E-state index < -0.39 is 0 Å². The number of halogens is 2. The van der Waals surface area contributed by atoms with Gasteiger partial charge in [-0.1, -0.05) is 70.7 Å². The molecule has 0 aliphatic carbocycles. The molecule has 0 aliphatic rings. The van der Waals surface area contributed by atoms with Crippen molar-refractivity contribution in [2.75, 3.05) is 9.80 Å². The van der Waals surface area contributed by atoms with Crippen molar-refractivity contribution in [3.8, 4) is 20.9 Å². The van der Waals surface area contributed by atoms with Gasteiger partial charge in [0.1, 0.15) is 21.0 Å². The van der Waals surface area contributed by atoms with Crippen LogP contribution in [0.3, 0.4) is 0 Å². The van der Waals surface area contributed by atoms with E-state index >= 15 is 0 Å². The van der Waals surface area contributed by atoms with Crippen molar-refractivity contribution in [2.24, 2.45) is 0 Å². The van der Waals surface area contributed by atoms with Gasteiger partial charge < -0.3 is 9.80 Å². The van der Waals surface area contributed by atoms with E-state index in [9.17, 15) is 0 Å². The lowest BCUT2D eigenvalue weighted by Crippen LogP contribution is -2.08. The van der Waals surface area contributed by atoms with Gasteiger partial charge in [-0.15, -0.1) is 22.7 Å². The molecule has 8 rings (SSSR count). The number of nitrogens with zero attached hydrogens (tertiary/aromatic N) is 4. The number of thiophene rings is 2. The maximum Gasteiger partial charge on any atom is 0.114 e. The van der Waals surface area contributed by atoms with Gasteiger partial charge in [-0.2, -0.15) is 8.75 Å². The van der Waals surface area contributed by atoms with Crippen LogP contribution in [0.5, 0.6) is 0 Å². The van der Waals surface area contributed by atoms with Crippen molar-refractivity contribution in [1.82, 2.24) is 8.75 Å². The van der Waals surface area contributed by atoms with Gasteiger partial charge in [-0.25, -0.2) is 0 Å². The maximum atomic E-state index is 6.26. The van der Waals surface area contributed by atoms with Crippen LogP contribution in [0, 0.1) is 13.8 Å². The summed E-state index contributed by atoms with van der Waals surface area (Å²) in [6, 6.07) is 46.2. The van der Waals surface area contributed by atoms with Crippen LogP contribution >= 0.6 is 57.6 Å². The van der Waals surface area contributed by atoms with Crippen molar-refractivity contribution in [2.45, 2.75) is 13.8 Å². The smallest absolute Gasteiger partial charge is 0.114 e. The second kappa shape index (κ2) is 13.4. The molecule has 0 aliphatic heterocycles. The number of anilines is 6. The molecule has 0 N–H and O–H groups in total. The Morgan fingerprint density at radius 3 is 1.14 bits per heavy atom. The summed E-state index contributed by atoms with van der Waals surface area (Å²) < 4.78 is 9.63. The number of fused-ring (bicyclic) bond motifs is 1. The quantitative estimate of drug-likeness (QED) is 0.156. The number of rotatable bonds is 8. The van der Waals surface area contributed by atoms with Crippen LogP contribution < -0.4 is 9.80 Å². The van der Waals surface area contributed by atoms with E-state index in [0.29, 0.717) is 10.0 Å². The first-order chi connectivity index (χ1) is 23.9. The zero-order chi connectivity index (χ0) is 33.5. The number of hydrogen-bond acceptors (Lipinski definition) is 7. The van der Waals surface area contributed by atoms with Crippen LogP contribution in [0.2, 0.25) is 10.0 Å². The third-order valence-electron chi connectivity index (χ3n) is 8.32. The average molecular weight is 732 g/mol. The molecule has 0 saturated carbocycles. The van der Waals surface area contributed by atoms with E-state index in [1.165, 1.54) is 22.9 Å². The molecule has 9 heteroatoms. The Hall–Kier alpha value is -4.50. The summed E-state index contributed by atoms with van der Waals surface area (Å²) in [6.07, 6.45) is 0. The van der Waals surface area contributed by atoms with Crippen molar-refractivity contribution in [3.63, 3.8) is 0 Å². The van der Waals surface area contributed by atoms with Gasteiger partial charge in [0.25, 0.3) is 0 Å². The second-order valence-electron chi connectivity index (χ2n) is 11.7. The summed E-state index contributed by atoms with van der Waals surface area (Å²) >= 11 is 17.2. The number of hydrogen-bond donors (Lipinski definition) is 0. The molecule has 0 saturated heterocycles. The summed E-state index contributed by atoms with van der Waals surface area (Å²) in [4.78, 5) is 6.79. The van der Waals surface area contributed by atoms with Crippen molar-refractivity contribution >= 4 is 101 Å². The van der Waals surface area contributed by atoms with Gasteiger partial charge in [-0.05, 0) is 111 Å². The Morgan fingerprint density at radius 1 is 0.429 bits per heavy atom. The van der Waals surface area contributed by atoms with Crippen LogP contribution in [0.4, 0.5) is 32.8 Å². The molecular formula is C40H28Cl2N4S3. The fourth-order valence-corrected chi connectivity index (χ4v) is 8.80. The van der Waals surface area contributed by atoms with E-state index in [2.05, 4.69) is 133 Å². The summed E-state index contributed by atoms with van der Waals surface area (Å²) in [6.45, 7) is 4.21. The monoisotopic (exact) mass is 730 g/mol. The highest BCUT2D eigenvalue weighted by molar-refractivity contribution is 7.20. The Bertz CT molecular complexity index is 2120. The lowest BCUT2D eigenvalue weighted by Gasteiger charge is -2.23. The largest absolute Gasteiger partial charge is 0.302 e. The summed E-state index contributed by atoms with van der Waals surface area (Å²) in [5.41, 5.74) is 10.7. The van der Waals surface area contributed by atoms with Gasteiger partial charge in [0.05, 0.1) is 11.7 Å². The predicted octanol–water partition coefficient (Wildman–Crippen LogP) is 14.0. The maximum absolute atomic E-state index is 6.26. The summed E-state index contributed by atoms with van der Waals surface area (Å²) in [7, 11) is 0. The summed E-state index contributed by atoms with van der Waals surface area (Å²) in [5, 5.41) is 3.62. The van der Waals surface area contributed by atoms with Gasteiger partial charge >= 0.3 is 0 Å². The van der Waals surface area contributed by atoms with E-state index in [1.54, 1.807) is 22.7 Å². The standard InChI is InChI=1S/C40H28Cl2N4S3/c1-25-3-11-29(12-4-25)45(31-15-7-27(41)8-16-31)37-23-21-35(47-37)33-19-20-34(40-39(33)43-49-44-40)36-22-24-38(48-36)46(30-13-5-26(2)6-14-30)32-17-9-28(42)10-18-32/h3-24H,1-2H3. The van der Waals surface area contributed by atoms with E-state index in [-0.39, 0.29) is 0 Å². The van der Waals surface area contributed by atoms with Crippen LogP contribution in [-0.2, 0) is 0 Å². The fraction of sp³-hybridized carbons (Fsp3) is 0.0500. The fourth-order valence-electron chi connectivity index (χ4n) is 5.82. The molecule has 0 fully saturated rings. The molecule has 4 nitrogen and oxygen atoms in total. The van der Waals surface area contributed by atoms with Crippen LogP contribution in [0.25, 0.3) is 31.9 Å². The molecular weight excluding hydrogens is 704 g/mol. The van der Waals surface area contributed by atoms with Crippen molar-refractivity contribution in [1.29, 1.82) is 0 Å². The molecule has 8 aromatic rings. The van der Waals surface area contributed by atoms with Gasteiger partial charge in [0, 0.05) is 53.7 Å². The zero-order valence-corrected chi connectivity index (χ0v) is 30.4. The van der Waals surface area contributed by atoms with Gasteiger partial charge in [0.15, 0.2) is 0 Å². The van der Waals surface area contributed by atoms with Crippen molar-refractivity contribution < 1.29 is 0 Å². The minimum atomic E-state index is 0.712. The first kappa shape index (κ1) is 31.7. The predicted molar refractivity (Wildman–Crippen MR) is 213 cm³/mol. The first-order valence-corrected chi connectivity index (χ1v) is 18.7. The van der Waals surface area contributed by atoms with Gasteiger partial charge in [0.2, 0.25) is 0 Å². The molecule has 240 valence electrons. The van der Waals surface area contributed by atoms with E-state index in [1.807, 2.05) is 24.3 Å². The first-order valence-electron chi connectivity index (χ1n) is 15.6. The Morgan fingerprint density at radius 2 is 0.776 bits per heavy atom. The second-order valence-corrected chi connectivity index (χ2v) is 15.2. The molecule has 0 radical (unpaired) electrons. The molecule has 0 amide bonds. The molecule has 5 aromatic carbocycles. The molecule has 0 atom stereocenters. The molecule has 49 heavy (non-hydrogen) atoms. The van der Waals surface area contributed by atoms with Crippen LogP contribution in [0.15, 0.2) is 133 Å². The number of aryl methyl sites for hydroxylation is 2. The third-order valence-corrected chi connectivity index (χ3v) is 11.6. The Balaban J connectivity index is 1.16. The lowest BCUT2D eigenvalue weighted by molar-refractivity contribution is 1.30. The lowest BCUT2D eigenvalue weighted by atomic mass is 10.1. The zero-order valence-electron chi connectivity index (χ0n) is 26.5. The van der Waals surface area contributed by atoms with Gasteiger partial charge in [-0.3, -0.25) is 0 Å².